The van der Waals surface area contributed by atoms with Gasteiger partial charge in [-0.25, -0.2) is 4.79 Å². The number of nitrogens with one attached hydrogen (secondary N) is 2. The Morgan fingerprint density at radius 1 is 1.07 bits per heavy atom. The maximum Gasteiger partial charge on any atom is 0.319 e. The first kappa shape index (κ1) is 20.1. The lowest BCUT2D eigenvalue weighted by atomic mass is 10.1. The number of anilines is 1. The molecule has 6 heteroatoms. The zero-order valence-corrected chi connectivity index (χ0v) is 16.5. The lowest BCUT2D eigenvalue weighted by Gasteiger charge is -2.10. The second-order valence-corrected chi connectivity index (χ2v) is 6.98. The van der Waals surface area contributed by atoms with Gasteiger partial charge in [-0.15, -0.1) is 0 Å². The molecule has 0 atom stereocenters. The molecule has 0 aliphatic carbocycles. The molecular formula is C23H24N4O2. The molecule has 2 aromatic carbocycles. The quantitative estimate of drug-likeness (QED) is 0.466. The maximum absolute atomic E-state index is 12.4. The average Bonchev–Trinajstić information content (AvgIpc) is 3.14. The minimum atomic E-state index is -0.272. The van der Waals surface area contributed by atoms with Crippen LogP contribution in [0.5, 0.6) is 0 Å². The van der Waals surface area contributed by atoms with Crippen LogP contribution in [0.15, 0.2) is 73.1 Å². The van der Waals surface area contributed by atoms with Crippen LogP contribution in [0.2, 0.25) is 0 Å². The smallest absolute Gasteiger partial charge is 0.319 e. The van der Waals surface area contributed by atoms with Gasteiger partial charge in [0.05, 0.1) is 12.7 Å². The fourth-order valence-electron chi connectivity index (χ4n) is 2.74. The first-order valence-corrected chi connectivity index (χ1v) is 9.46. The number of carbonyl (C=O) groups is 2. The predicted molar refractivity (Wildman–Crippen MR) is 115 cm³/mol. The Bertz CT molecular complexity index is 989. The molecule has 148 valence electrons. The molecule has 1 heterocycles. The molecule has 0 aliphatic rings. The SMILES string of the molecule is CC(C)NC(=O)Nc1ccc(C(=O)C=Cc2cnn(Cc3ccccc3)c2)cc1. The molecule has 0 fully saturated rings. The van der Waals surface area contributed by atoms with Crippen molar-refractivity contribution in [2.24, 2.45) is 0 Å². The second kappa shape index (κ2) is 9.50. The Kier molecular flexibility index (Phi) is 6.58. The highest BCUT2D eigenvalue weighted by atomic mass is 16.2. The van der Waals surface area contributed by atoms with Gasteiger partial charge in [-0.05, 0) is 55.8 Å². The molecule has 3 rings (SSSR count). The summed E-state index contributed by atoms with van der Waals surface area (Å²) < 4.78 is 1.84. The van der Waals surface area contributed by atoms with Crippen LogP contribution in [0.1, 0.15) is 35.3 Å². The third kappa shape index (κ3) is 6.17. The third-order valence-corrected chi connectivity index (χ3v) is 4.11. The van der Waals surface area contributed by atoms with Crippen molar-refractivity contribution in [3.05, 3.63) is 89.8 Å². The molecule has 2 amide bonds. The summed E-state index contributed by atoms with van der Waals surface area (Å²) in [7, 11) is 0. The van der Waals surface area contributed by atoms with Crippen molar-refractivity contribution in [2.75, 3.05) is 5.32 Å². The molecule has 0 unspecified atom stereocenters. The number of ketones is 1. The molecule has 2 N–H and O–H groups in total. The first-order chi connectivity index (χ1) is 14.0. The van der Waals surface area contributed by atoms with E-state index >= 15 is 0 Å². The van der Waals surface area contributed by atoms with Crippen molar-refractivity contribution in [2.45, 2.75) is 26.4 Å². The highest BCUT2D eigenvalue weighted by Crippen LogP contribution is 2.12. The molecule has 0 spiro atoms. The number of amides is 2. The van der Waals surface area contributed by atoms with Crippen LogP contribution in [0.3, 0.4) is 0 Å². The summed E-state index contributed by atoms with van der Waals surface area (Å²) in [5, 5.41) is 9.81. The number of hydrogen-bond acceptors (Lipinski definition) is 3. The average molecular weight is 388 g/mol. The number of benzene rings is 2. The number of rotatable bonds is 7. The Hall–Kier alpha value is -3.67. The number of allylic oxidation sites excluding steroid dienone is 1. The largest absolute Gasteiger partial charge is 0.336 e. The normalized spacial score (nSPS) is 11.0. The Balaban J connectivity index is 1.57. The summed E-state index contributed by atoms with van der Waals surface area (Å²) in [5.41, 5.74) is 3.20. The zero-order valence-electron chi connectivity index (χ0n) is 16.5. The number of urea groups is 1. The van der Waals surface area contributed by atoms with Crippen molar-refractivity contribution in [3.63, 3.8) is 0 Å². The van der Waals surface area contributed by atoms with Gasteiger partial charge in [0.2, 0.25) is 0 Å². The van der Waals surface area contributed by atoms with E-state index in [1.54, 1.807) is 36.5 Å². The van der Waals surface area contributed by atoms with Gasteiger partial charge in [0, 0.05) is 29.1 Å². The highest BCUT2D eigenvalue weighted by molar-refractivity contribution is 6.07. The van der Waals surface area contributed by atoms with E-state index in [-0.39, 0.29) is 17.9 Å². The van der Waals surface area contributed by atoms with Crippen molar-refractivity contribution in [3.8, 4) is 0 Å². The van der Waals surface area contributed by atoms with Crippen LogP contribution in [0, 0.1) is 0 Å². The van der Waals surface area contributed by atoms with Gasteiger partial charge in [-0.2, -0.15) is 5.10 Å². The van der Waals surface area contributed by atoms with Crippen LogP contribution in [-0.2, 0) is 6.54 Å². The number of nitrogens with zero attached hydrogens (tertiary/aromatic N) is 2. The lowest BCUT2D eigenvalue weighted by molar-refractivity contribution is 0.104. The standard InChI is InChI=1S/C23H24N4O2/c1-17(2)25-23(29)26-21-11-9-20(10-12-21)22(28)13-8-19-14-24-27(16-19)15-18-6-4-3-5-7-18/h3-14,16-17H,15H2,1-2H3,(H2,25,26,29). The fourth-order valence-corrected chi connectivity index (χ4v) is 2.74. The first-order valence-electron chi connectivity index (χ1n) is 9.46. The zero-order chi connectivity index (χ0) is 20.6. The van der Waals surface area contributed by atoms with Crippen LogP contribution in [0.4, 0.5) is 10.5 Å². The minimum absolute atomic E-state index is 0.0537. The molecule has 6 nitrogen and oxygen atoms in total. The van der Waals surface area contributed by atoms with Crippen molar-refractivity contribution < 1.29 is 9.59 Å². The molecule has 0 bridgehead atoms. The van der Waals surface area contributed by atoms with Crippen LogP contribution in [0.25, 0.3) is 6.08 Å². The van der Waals surface area contributed by atoms with E-state index in [9.17, 15) is 9.59 Å². The van der Waals surface area contributed by atoms with E-state index in [0.29, 0.717) is 17.8 Å². The topological polar surface area (TPSA) is 76.0 Å². The summed E-state index contributed by atoms with van der Waals surface area (Å²) in [6.07, 6.45) is 6.90. The van der Waals surface area contributed by atoms with Crippen LogP contribution >= 0.6 is 0 Å². The van der Waals surface area contributed by atoms with Gasteiger partial charge in [-0.3, -0.25) is 9.48 Å². The van der Waals surface area contributed by atoms with Crippen LogP contribution < -0.4 is 10.6 Å². The minimum Gasteiger partial charge on any atom is -0.336 e. The van der Waals surface area contributed by atoms with E-state index < -0.39 is 0 Å². The summed E-state index contributed by atoms with van der Waals surface area (Å²) in [4.78, 5) is 24.1. The van der Waals surface area contributed by atoms with E-state index in [2.05, 4.69) is 15.7 Å². The predicted octanol–water partition coefficient (Wildman–Crippen LogP) is 4.36. The highest BCUT2D eigenvalue weighted by Gasteiger charge is 2.06. The third-order valence-electron chi connectivity index (χ3n) is 4.11. The Morgan fingerprint density at radius 3 is 2.48 bits per heavy atom. The van der Waals surface area contributed by atoms with Crippen molar-refractivity contribution in [1.29, 1.82) is 0 Å². The molecule has 0 radical (unpaired) electrons. The lowest BCUT2D eigenvalue weighted by Crippen LogP contribution is -2.34. The van der Waals surface area contributed by atoms with E-state index in [1.807, 2.05) is 55.1 Å². The molecule has 0 saturated heterocycles. The molecule has 29 heavy (non-hydrogen) atoms. The number of aromatic nitrogens is 2. The van der Waals surface area contributed by atoms with Gasteiger partial charge in [0.15, 0.2) is 5.78 Å². The summed E-state index contributed by atoms with van der Waals surface area (Å²) in [6, 6.07) is 16.6. The molecular weight excluding hydrogens is 364 g/mol. The monoisotopic (exact) mass is 388 g/mol. The summed E-state index contributed by atoms with van der Waals surface area (Å²) in [5.74, 6) is -0.112. The molecule has 0 saturated carbocycles. The molecule has 1 aromatic heterocycles. The van der Waals surface area contributed by atoms with Gasteiger partial charge in [0.25, 0.3) is 0 Å². The van der Waals surface area contributed by atoms with Crippen molar-refractivity contribution >= 4 is 23.6 Å². The maximum atomic E-state index is 12.4. The summed E-state index contributed by atoms with van der Waals surface area (Å²) in [6.45, 7) is 4.46. The van der Waals surface area contributed by atoms with Gasteiger partial charge < -0.3 is 10.6 Å². The van der Waals surface area contributed by atoms with Gasteiger partial charge in [0.1, 0.15) is 0 Å². The van der Waals surface area contributed by atoms with E-state index in [0.717, 1.165) is 11.1 Å². The van der Waals surface area contributed by atoms with Gasteiger partial charge >= 0.3 is 6.03 Å². The van der Waals surface area contributed by atoms with Gasteiger partial charge in [-0.1, -0.05) is 30.3 Å². The Labute approximate surface area is 170 Å². The van der Waals surface area contributed by atoms with E-state index in [1.165, 1.54) is 6.08 Å². The molecule has 0 aliphatic heterocycles. The number of carbonyl (C=O) groups excluding carboxylic acids is 2. The van der Waals surface area contributed by atoms with E-state index in [4.69, 9.17) is 0 Å². The van der Waals surface area contributed by atoms with Crippen LogP contribution in [-0.4, -0.2) is 27.6 Å². The Morgan fingerprint density at radius 2 is 1.79 bits per heavy atom. The number of hydrogen-bond donors (Lipinski definition) is 2. The molecule has 3 aromatic rings. The second-order valence-electron chi connectivity index (χ2n) is 6.98. The van der Waals surface area contributed by atoms with Crippen molar-refractivity contribution in [1.82, 2.24) is 15.1 Å². The fraction of sp³-hybridized carbons (Fsp3) is 0.174. The summed E-state index contributed by atoms with van der Waals surface area (Å²) >= 11 is 0.